The Balaban J connectivity index is 1.78. The third kappa shape index (κ3) is 11.1. The molecule has 1 unspecified atom stereocenters. The molecule has 1 heterocycles. The van der Waals surface area contributed by atoms with Gasteiger partial charge in [-0.15, -0.1) is 0 Å². The summed E-state index contributed by atoms with van der Waals surface area (Å²) in [7, 11) is 1.19. The fourth-order valence-corrected chi connectivity index (χ4v) is 4.11. The molecule has 1 atom stereocenters. The van der Waals surface area contributed by atoms with E-state index in [9.17, 15) is 24.2 Å². The monoisotopic (exact) mass is 549 g/mol. The second-order valence-electron chi connectivity index (χ2n) is 11.1. The van der Waals surface area contributed by atoms with Gasteiger partial charge in [0.2, 0.25) is 6.03 Å². The number of ether oxygens (including phenoxy) is 3. The summed E-state index contributed by atoms with van der Waals surface area (Å²) in [5.41, 5.74) is -0.524. The predicted molar refractivity (Wildman–Crippen MR) is 146 cm³/mol. The Bertz CT molecular complexity index is 1000. The summed E-state index contributed by atoms with van der Waals surface area (Å²) in [5, 5.41) is 14.7. The van der Waals surface area contributed by atoms with E-state index in [1.165, 1.54) is 19.2 Å². The van der Waals surface area contributed by atoms with Crippen LogP contribution < -0.4 is 15.4 Å². The van der Waals surface area contributed by atoms with Gasteiger partial charge in [0.05, 0.1) is 13.7 Å². The Morgan fingerprint density at radius 1 is 1.18 bits per heavy atom. The number of piperidine rings is 1. The zero-order valence-corrected chi connectivity index (χ0v) is 23.8. The average molecular weight is 550 g/mol. The van der Waals surface area contributed by atoms with E-state index in [-0.39, 0.29) is 29.8 Å². The summed E-state index contributed by atoms with van der Waals surface area (Å²) < 4.78 is 30.4. The molecule has 0 aliphatic carbocycles. The summed E-state index contributed by atoms with van der Waals surface area (Å²) in [6, 6.07) is 3.03. The fraction of sp³-hybridized carbons (Fsp3) is 0.643. The molecular formula is C28H42FN4O6-. The number of benzene rings is 1. The molecule has 0 spiro atoms. The highest BCUT2D eigenvalue weighted by atomic mass is 19.1. The van der Waals surface area contributed by atoms with Crippen LogP contribution in [0.15, 0.2) is 18.2 Å². The standard InChI is InChI=1S/C28H42FN4O6/c1-18(2)24(30)32-26(35)33-13-11-19(12-14-33)8-7-15-38-21-10-9-20(22(29)17-21)16-23(25(34)37-6)31-27(36)39-28(3,4)5/h9-10,17-19,23H,7-8,11-16H2,1-6H3,(H2-,30,31,32,35,36)/q-1. The molecule has 1 aromatic carbocycles. The number of hydrogen-bond acceptors (Lipinski definition) is 6. The van der Waals surface area contributed by atoms with Crippen molar-refractivity contribution in [1.82, 2.24) is 15.5 Å². The van der Waals surface area contributed by atoms with Crippen LogP contribution in [0, 0.1) is 17.7 Å². The van der Waals surface area contributed by atoms with E-state index in [0.29, 0.717) is 31.4 Å². The Morgan fingerprint density at radius 2 is 1.85 bits per heavy atom. The largest absolute Gasteiger partial charge is 0.493 e. The van der Waals surface area contributed by atoms with E-state index in [2.05, 4.69) is 10.6 Å². The third-order valence-electron chi connectivity index (χ3n) is 6.33. The van der Waals surface area contributed by atoms with Crippen molar-refractivity contribution in [3.63, 3.8) is 0 Å². The number of hydrogen-bond donors (Lipinski definition) is 2. The van der Waals surface area contributed by atoms with Gasteiger partial charge in [0.25, 0.3) is 0 Å². The SMILES string of the molecule is COC(=O)C(Cc1ccc(OCCCC2CCN(C(=O)NC(=[N-])C(C)C)CC2)cc1F)NC(=O)OC(C)(C)C. The van der Waals surface area contributed by atoms with Crippen molar-refractivity contribution < 1.29 is 33.0 Å². The fourth-order valence-electron chi connectivity index (χ4n) is 4.11. The molecule has 1 fully saturated rings. The molecule has 218 valence electrons. The van der Waals surface area contributed by atoms with Gasteiger partial charge in [-0.1, -0.05) is 25.7 Å². The lowest BCUT2D eigenvalue weighted by Gasteiger charge is -2.35. The minimum Gasteiger partial charge on any atom is -0.493 e. The van der Waals surface area contributed by atoms with Gasteiger partial charge in [0.15, 0.2) is 0 Å². The average Bonchev–Trinajstić information content (AvgIpc) is 2.86. The van der Waals surface area contributed by atoms with Crippen LogP contribution in [0.1, 0.15) is 65.9 Å². The topological polar surface area (TPSA) is 128 Å². The quantitative estimate of drug-likeness (QED) is 0.189. The Hall–Kier alpha value is -3.37. The normalized spacial score (nSPS) is 14.9. The highest BCUT2D eigenvalue weighted by Gasteiger charge is 2.26. The van der Waals surface area contributed by atoms with Gasteiger partial charge in [0.1, 0.15) is 23.2 Å². The number of methoxy groups -OCH3 is 1. The highest BCUT2D eigenvalue weighted by Crippen LogP contribution is 2.23. The maximum atomic E-state index is 14.8. The molecule has 1 aromatic rings. The number of esters is 1. The van der Waals surface area contributed by atoms with Crippen molar-refractivity contribution in [3.8, 4) is 5.75 Å². The van der Waals surface area contributed by atoms with E-state index < -0.39 is 29.5 Å². The molecule has 0 saturated carbocycles. The number of halogens is 1. The number of carbonyl (C=O) groups is 3. The summed E-state index contributed by atoms with van der Waals surface area (Å²) in [6.07, 6.45) is 2.55. The summed E-state index contributed by atoms with van der Waals surface area (Å²) in [5.74, 6) is -0.581. The number of likely N-dealkylation sites (tertiary alicyclic amines) is 1. The van der Waals surface area contributed by atoms with Crippen molar-refractivity contribution in [3.05, 3.63) is 35.0 Å². The number of alkyl carbamates (subject to hydrolysis) is 1. The molecule has 1 saturated heterocycles. The Kier molecular flexibility index (Phi) is 12.0. The molecule has 11 heteroatoms. The van der Waals surface area contributed by atoms with Gasteiger partial charge in [-0.05, 0) is 69.9 Å². The molecule has 0 bridgehead atoms. The lowest BCUT2D eigenvalue weighted by molar-refractivity contribution is -0.143. The summed E-state index contributed by atoms with van der Waals surface area (Å²) >= 11 is 0. The lowest BCUT2D eigenvalue weighted by Crippen LogP contribution is -2.47. The summed E-state index contributed by atoms with van der Waals surface area (Å²) in [4.78, 5) is 38.2. The van der Waals surface area contributed by atoms with Crippen LogP contribution in [-0.4, -0.2) is 67.3 Å². The molecule has 3 amide bonds. The molecule has 39 heavy (non-hydrogen) atoms. The second-order valence-corrected chi connectivity index (χ2v) is 11.1. The van der Waals surface area contributed by atoms with Gasteiger partial charge in [-0.25, -0.2) is 14.0 Å². The number of rotatable bonds is 10. The van der Waals surface area contributed by atoms with Crippen LogP contribution in [0.5, 0.6) is 5.75 Å². The first-order chi connectivity index (χ1) is 18.3. The Labute approximate surface area is 230 Å². The van der Waals surface area contributed by atoms with Crippen molar-refractivity contribution in [2.75, 3.05) is 26.8 Å². The zero-order valence-electron chi connectivity index (χ0n) is 23.8. The lowest BCUT2D eigenvalue weighted by atomic mass is 9.92. The van der Waals surface area contributed by atoms with Crippen LogP contribution >= 0.6 is 0 Å². The van der Waals surface area contributed by atoms with Crippen molar-refractivity contribution >= 4 is 23.9 Å². The van der Waals surface area contributed by atoms with Gasteiger partial charge in [0, 0.05) is 25.6 Å². The summed E-state index contributed by atoms with van der Waals surface area (Å²) in [6.45, 7) is 10.4. The zero-order chi connectivity index (χ0) is 29.2. The van der Waals surface area contributed by atoms with Crippen LogP contribution in [0.2, 0.25) is 0 Å². The number of urea groups is 1. The molecule has 0 radical (unpaired) electrons. The number of nitrogens with one attached hydrogen (secondary N) is 2. The van der Waals surface area contributed by atoms with Gasteiger partial charge < -0.3 is 35.2 Å². The number of carbonyl (C=O) groups excluding carboxylic acids is 3. The minimum absolute atomic E-state index is 0.0236. The van der Waals surface area contributed by atoms with Gasteiger partial charge in [-0.2, -0.15) is 0 Å². The first-order valence-electron chi connectivity index (χ1n) is 13.4. The predicted octanol–water partition coefficient (Wildman–Crippen LogP) is 4.64. The van der Waals surface area contributed by atoms with Crippen LogP contribution in [0.25, 0.3) is 5.41 Å². The van der Waals surface area contributed by atoms with Gasteiger partial charge in [-0.3, -0.25) is 4.79 Å². The number of nitrogens with zero attached hydrogens (tertiary/aromatic N) is 2. The maximum Gasteiger partial charge on any atom is 0.408 e. The van der Waals surface area contributed by atoms with Crippen molar-refractivity contribution in [1.29, 1.82) is 0 Å². The molecule has 2 N–H and O–H groups in total. The van der Waals surface area contributed by atoms with E-state index in [4.69, 9.17) is 14.2 Å². The van der Waals surface area contributed by atoms with Crippen molar-refractivity contribution in [2.45, 2.75) is 78.4 Å². The maximum absolute atomic E-state index is 14.8. The van der Waals surface area contributed by atoms with E-state index in [0.717, 1.165) is 25.7 Å². The smallest absolute Gasteiger partial charge is 0.408 e. The number of amides is 3. The van der Waals surface area contributed by atoms with Crippen LogP contribution in [0.3, 0.4) is 0 Å². The molecular weight excluding hydrogens is 507 g/mol. The second kappa shape index (κ2) is 14.7. The van der Waals surface area contributed by atoms with Crippen LogP contribution in [-0.2, 0) is 20.7 Å². The first kappa shape index (κ1) is 31.8. The van der Waals surface area contributed by atoms with Gasteiger partial charge >= 0.3 is 12.1 Å². The molecule has 0 aromatic heterocycles. The Morgan fingerprint density at radius 3 is 2.41 bits per heavy atom. The molecule has 2 rings (SSSR count). The van der Waals surface area contributed by atoms with Crippen LogP contribution in [0.4, 0.5) is 14.0 Å². The molecule has 1 aliphatic heterocycles. The molecule has 10 nitrogen and oxygen atoms in total. The minimum atomic E-state index is -1.11. The highest BCUT2D eigenvalue weighted by molar-refractivity contribution is 6.00. The van der Waals surface area contributed by atoms with E-state index >= 15 is 0 Å². The first-order valence-corrected chi connectivity index (χ1v) is 13.4. The van der Waals surface area contributed by atoms with Crippen molar-refractivity contribution in [2.24, 2.45) is 11.8 Å². The van der Waals surface area contributed by atoms with E-state index in [1.807, 2.05) is 0 Å². The molecule has 1 aliphatic rings. The number of amidine groups is 1. The van der Waals surface area contributed by atoms with E-state index in [1.54, 1.807) is 45.6 Å². The third-order valence-corrected chi connectivity index (χ3v) is 6.33.